The quantitative estimate of drug-likeness (QED) is 0.0956. The number of para-hydroxylation sites is 4. The lowest BCUT2D eigenvalue weighted by atomic mass is 9.82. The second kappa shape index (κ2) is 39.2. The van der Waals surface area contributed by atoms with Crippen molar-refractivity contribution in [2.24, 2.45) is 0 Å². The zero-order valence-corrected chi connectivity index (χ0v) is 84.4. The molecule has 0 fully saturated rings. The maximum Gasteiger partial charge on any atom is 0.0640 e. The predicted molar refractivity (Wildman–Crippen MR) is 637 cm³/mol. The van der Waals surface area contributed by atoms with Gasteiger partial charge in [0.15, 0.2) is 0 Å². The minimum absolute atomic E-state index is 0.0137. The van der Waals surface area contributed by atoms with E-state index in [-0.39, 0.29) is 10.8 Å². The molecule has 6 heteroatoms. The summed E-state index contributed by atoms with van der Waals surface area (Å²) >= 11 is 3.73. The van der Waals surface area contributed by atoms with E-state index in [0.29, 0.717) is 0 Å². The van der Waals surface area contributed by atoms with E-state index < -0.39 is 0 Å². The van der Waals surface area contributed by atoms with Crippen molar-refractivity contribution in [1.82, 2.24) is 0 Å². The third-order valence-electron chi connectivity index (χ3n) is 29.7. The van der Waals surface area contributed by atoms with Gasteiger partial charge in [0.1, 0.15) is 0 Å². The minimum Gasteiger partial charge on any atom is -0.310 e. The Morgan fingerprint density at radius 2 is 0.439 bits per heavy atom. The van der Waals surface area contributed by atoms with E-state index in [2.05, 4.69) is 605 Å². The van der Waals surface area contributed by atoms with Crippen molar-refractivity contribution >= 4 is 174 Å². The van der Waals surface area contributed by atoms with E-state index in [4.69, 9.17) is 0 Å². The molecule has 0 unspecified atom stereocenters. The topological polar surface area (TPSA) is 13.0 Å². The largest absolute Gasteiger partial charge is 0.310 e. The second-order valence-electron chi connectivity index (χ2n) is 39.3. The third-order valence-corrected chi connectivity index (χ3v) is 32.1. The molecule has 0 amide bonds. The molecule has 2 heterocycles. The SMILES string of the molecule is CC1(C)c2ccccc2-c2c(N(c3ccccc3)c3cc4ccccc4cc3-c3ccccc3)cccc21.CC1(C)c2ccccc2-c2cc(N(c3ccccc3)c3cc4ccccc4cc3-c3ccccc3)ccc21.c1ccc(-c2cc3ccccc3cc2N(c2ccccc2)c2ccc3c(c2)sc2ccccc23)cc1.c1ccc(-c2cc3ccccc3cc2N(c2ccccc2)c2cccc3c2sc2ccccc23)cc1. The fourth-order valence-corrected chi connectivity index (χ4v) is 24.9. The van der Waals surface area contributed by atoms with Crippen molar-refractivity contribution in [3.8, 4) is 66.8 Å². The van der Waals surface area contributed by atoms with Crippen LogP contribution < -0.4 is 19.6 Å². The van der Waals surface area contributed by atoms with Gasteiger partial charge in [-0.25, -0.2) is 0 Å². The molecule has 26 aromatic rings. The van der Waals surface area contributed by atoms with Crippen LogP contribution in [0.2, 0.25) is 0 Å². The molecule has 2 aromatic heterocycles. The molecule has 0 bridgehead atoms. The van der Waals surface area contributed by atoms with E-state index in [1.807, 2.05) is 22.7 Å². The molecule has 0 radical (unpaired) electrons. The van der Waals surface area contributed by atoms with Gasteiger partial charge in [-0.2, -0.15) is 0 Å². The Morgan fingerprint density at radius 3 is 0.878 bits per heavy atom. The van der Waals surface area contributed by atoms with Crippen molar-refractivity contribution in [2.75, 3.05) is 19.6 Å². The zero-order valence-electron chi connectivity index (χ0n) is 82.7. The molecule has 0 spiro atoms. The van der Waals surface area contributed by atoms with Gasteiger partial charge >= 0.3 is 0 Å². The van der Waals surface area contributed by atoms with Gasteiger partial charge in [-0.15, -0.1) is 22.7 Å². The fraction of sp³-hybridized carbons (Fsp3) is 0.0423. The summed E-state index contributed by atoms with van der Waals surface area (Å²) in [7, 11) is 0. The summed E-state index contributed by atoms with van der Waals surface area (Å²) in [4.78, 5) is 9.72. The molecule has 0 aliphatic heterocycles. The molecule has 0 saturated heterocycles. The Balaban J connectivity index is 0.000000103. The first kappa shape index (κ1) is 91.2. The minimum atomic E-state index is -0.0596. The van der Waals surface area contributed by atoms with Crippen LogP contribution in [0.15, 0.2) is 558 Å². The molecule has 2 aliphatic carbocycles. The Bertz CT molecular complexity index is 9410. The van der Waals surface area contributed by atoms with Gasteiger partial charge < -0.3 is 19.6 Å². The van der Waals surface area contributed by atoms with Crippen molar-refractivity contribution in [3.63, 3.8) is 0 Å². The van der Waals surface area contributed by atoms with E-state index in [1.165, 1.54) is 207 Å². The van der Waals surface area contributed by atoms with E-state index in [1.54, 1.807) is 0 Å². The Hall–Kier alpha value is -18.0. The monoisotopic (exact) mass is 1930 g/mol. The van der Waals surface area contributed by atoms with Crippen LogP contribution in [0.3, 0.4) is 0 Å². The number of fused-ring (bicyclic) bond motifs is 16. The fourth-order valence-electron chi connectivity index (χ4n) is 22.6. The van der Waals surface area contributed by atoms with Gasteiger partial charge in [0.05, 0.1) is 38.8 Å². The van der Waals surface area contributed by atoms with Crippen LogP contribution in [0.5, 0.6) is 0 Å². The van der Waals surface area contributed by atoms with Crippen LogP contribution in [0.4, 0.5) is 68.2 Å². The van der Waals surface area contributed by atoms with Crippen LogP contribution in [-0.2, 0) is 10.8 Å². The highest BCUT2D eigenvalue weighted by Gasteiger charge is 2.40. The smallest absolute Gasteiger partial charge is 0.0640 e. The van der Waals surface area contributed by atoms with Gasteiger partial charge in [0.2, 0.25) is 0 Å². The lowest BCUT2D eigenvalue weighted by molar-refractivity contribution is 0.660. The van der Waals surface area contributed by atoms with Gasteiger partial charge in [-0.3, -0.25) is 0 Å². The van der Waals surface area contributed by atoms with Crippen molar-refractivity contribution in [1.29, 1.82) is 0 Å². The number of anilines is 12. The number of hydrogen-bond donors (Lipinski definition) is 0. The Kier molecular flexibility index (Phi) is 24.2. The predicted octanol–water partition coefficient (Wildman–Crippen LogP) is 41.3. The Labute approximate surface area is 872 Å². The molecule has 0 atom stereocenters. The first-order valence-electron chi connectivity index (χ1n) is 51.0. The number of hydrogen-bond acceptors (Lipinski definition) is 6. The van der Waals surface area contributed by atoms with Gasteiger partial charge in [-0.05, 0) is 250 Å². The second-order valence-corrected chi connectivity index (χ2v) is 41.5. The highest BCUT2D eigenvalue weighted by Crippen LogP contribution is 2.58. The van der Waals surface area contributed by atoms with E-state index in [9.17, 15) is 0 Å². The zero-order chi connectivity index (χ0) is 99.2. The summed E-state index contributed by atoms with van der Waals surface area (Å²) in [5.41, 5.74) is 34.5. The molecular weight excluding hydrogens is 1830 g/mol. The molecule has 704 valence electrons. The van der Waals surface area contributed by atoms with Crippen molar-refractivity contribution in [2.45, 2.75) is 38.5 Å². The summed E-state index contributed by atoms with van der Waals surface area (Å²) in [6.07, 6.45) is 0. The number of benzene rings is 24. The number of rotatable bonds is 16. The van der Waals surface area contributed by atoms with E-state index in [0.717, 1.165) is 34.1 Å². The first-order valence-corrected chi connectivity index (χ1v) is 52.6. The maximum absolute atomic E-state index is 2.46. The number of thiophene rings is 2. The van der Waals surface area contributed by atoms with Crippen LogP contribution >= 0.6 is 22.7 Å². The van der Waals surface area contributed by atoms with Crippen molar-refractivity contribution < 1.29 is 0 Å². The van der Waals surface area contributed by atoms with Gasteiger partial charge in [0.25, 0.3) is 0 Å². The van der Waals surface area contributed by atoms with Crippen LogP contribution in [0.25, 0.3) is 150 Å². The lowest BCUT2D eigenvalue weighted by Crippen LogP contribution is -2.16. The molecule has 148 heavy (non-hydrogen) atoms. The highest BCUT2D eigenvalue weighted by atomic mass is 32.1. The average molecular weight is 1930 g/mol. The molecule has 2 aliphatic rings. The maximum atomic E-state index is 2.46. The summed E-state index contributed by atoms with van der Waals surface area (Å²) < 4.78 is 5.24. The lowest BCUT2D eigenvalue weighted by Gasteiger charge is -2.31. The van der Waals surface area contributed by atoms with Crippen LogP contribution in [0.1, 0.15) is 49.9 Å². The van der Waals surface area contributed by atoms with E-state index >= 15 is 0 Å². The standard InChI is InChI=1S/2C37H29N.2C34H23NS/c1-37(2)32-21-12-11-20-30(32)36-33(37)22-13-23-34(36)38(29-18-7-4-8-19-29)35-25-28-17-10-9-16-27(28)24-31(35)26-14-5-3-6-15-26;1-37(2)34-20-12-11-19-31(34)33-25-30(21-22-35(33)37)38(29-17-7-4-8-18-29)36-24-28-16-10-9-15-27(28)23-32(36)26-13-5-3-6-14-26;1-3-12-24(13-4-1)30-22-25-14-7-8-15-26(25)23-32(30)35(27-16-5-2-6-17-27)31-20-11-19-29-28-18-9-10-21-33(28)36-34(29)31;1-3-11-24(12-4-1)31-21-25-13-7-8-14-26(25)22-32(31)35(27-15-5-2-6-16-27)28-19-20-30-29-17-9-10-18-33(29)36-34(30)23-28/h2*3-25H,1-2H3;2*1-23H. The normalized spacial score (nSPS) is 12.3. The summed E-state index contributed by atoms with van der Waals surface area (Å²) in [6.45, 7) is 9.37. The highest BCUT2D eigenvalue weighted by molar-refractivity contribution is 7.26. The first-order chi connectivity index (χ1) is 72.9. The van der Waals surface area contributed by atoms with Crippen LogP contribution in [0, 0.1) is 0 Å². The summed E-state index contributed by atoms with van der Waals surface area (Å²) in [5.74, 6) is 0. The van der Waals surface area contributed by atoms with Gasteiger partial charge in [0, 0.05) is 108 Å². The molecule has 24 aromatic carbocycles. The van der Waals surface area contributed by atoms with Gasteiger partial charge in [-0.1, -0.05) is 440 Å². The molecular formula is C142H104N4S2. The summed E-state index contributed by atoms with van der Waals surface area (Å²) in [6, 6.07) is 202. The third kappa shape index (κ3) is 17.0. The number of nitrogens with zero attached hydrogens (tertiary/aromatic N) is 4. The molecule has 0 N–H and O–H groups in total. The summed E-state index contributed by atoms with van der Waals surface area (Å²) in [5, 5.41) is 15.2. The molecule has 28 rings (SSSR count). The van der Waals surface area contributed by atoms with Crippen molar-refractivity contribution in [3.05, 3.63) is 580 Å². The molecule has 0 saturated carbocycles. The Morgan fingerprint density at radius 1 is 0.155 bits per heavy atom. The average Bonchev–Trinajstić information content (AvgIpc) is 1.57. The van der Waals surface area contributed by atoms with Crippen LogP contribution in [-0.4, -0.2) is 0 Å². The molecule has 4 nitrogen and oxygen atoms in total.